The summed E-state index contributed by atoms with van der Waals surface area (Å²) in [6.45, 7) is 1.78. The van der Waals surface area contributed by atoms with Crippen molar-refractivity contribution >= 4 is 11.8 Å². The molecule has 4 heteroatoms. The standard InChI is InChI=1S/C22H26N2O2/c25-21-15-20(17-24(21)16-19-12-5-2-6-13-19)22(26)23-14-8-7-11-18-9-3-1-4-10-18/h1-6,9-10,12-13,20H,7-8,11,14-17H2,(H,23,26)/t20-/m1/s1. The monoisotopic (exact) mass is 350 g/mol. The number of hydrogen-bond acceptors (Lipinski definition) is 2. The number of carbonyl (C=O) groups excluding carboxylic acids is 2. The Hall–Kier alpha value is -2.62. The lowest BCUT2D eigenvalue weighted by Crippen LogP contribution is -2.33. The van der Waals surface area contributed by atoms with Gasteiger partial charge in [-0.25, -0.2) is 0 Å². The molecule has 0 saturated carbocycles. The van der Waals surface area contributed by atoms with Crippen LogP contribution in [0.2, 0.25) is 0 Å². The second kappa shape index (κ2) is 9.18. The number of amides is 2. The van der Waals surface area contributed by atoms with Crippen LogP contribution in [0, 0.1) is 5.92 Å². The van der Waals surface area contributed by atoms with E-state index in [4.69, 9.17) is 0 Å². The summed E-state index contributed by atoms with van der Waals surface area (Å²) in [6, 6.07) is 20.3. The molecule has 0 bridgehead atoms. The molecule has 0 spiro atoms. The molecule has 2 aromatic carbocycles. The fourth-order valence-corrected chi connectivity index (χ4v) is 3.36. The Labute approximate surface area is 155 Å². The second-order valence-corrected chi connectivity index (χ2v) is 6.89. The highest BCUT2D eigenvalue weighted by Crippen LogP contribution is 2.20. The van der Waals surface area contributed by atoms with Crippen LogP contribution in [0.3, 0.4) is 0 Å². The first-order valence-corrected chi connectivity index (χ1v) is 9.36. The van der Waals surface area contributed by atoms with Crippen LogP contribution in [0.4, 0.5) is 0 Å². The van der Waals surface area contributed by atoms with Gasteiger partial charge in [0, 0.05) is 26.1 Å². The van der Waals surface area contributed by atoms with E-state index in [9.17, 15) is 9.59 Å². The summed E-state index contributed by atoms with van der Waals surface area (Å²) in [5.74, 6) is -0.146. The normalized spacial score (nSPS) is 16.7. The zero-order chi connectivity index (χ0) is 18.2. The average molecular weight is 350 g/mol. The van der Waals surface area contributed by atoms with E-state index in [0.717, 1.165) is 24.8 Å². The number of hydrogen-bond donors (Lipinski definition) is 1. The van der Waals surface area contributed by atoms with E-state index < -0.39 is 0 Å². The van der Waals surface area contributed by atoms with Crippen molar-refractivity contribution in [2.45, 2.75) is 32.2 Å². The lowest BCUT2D eigenvalue weighted by molar-refractivity contribution is -0.129. The SMILES string of the molecule is O=C(NCCCCc1ccccc1)[C@@H]1CC(=O)N(Cc2ccccc2)C1. The minimum Gasteiger partial charge on any atom is -0.356 e. The van der Waals surface area contributed by atoms with E-state index in [2.05, 4.69) is 29.6 Å². The lowest BCUT2D eigenvalue weighted by atomic mass is 10.1. The molecular formula is C22H26N2O2. The molecule has 1 saturated heterocycles. The molecule has 1 aliphatic rings. The third kappa shape index (κ3) is 5.19. The third-order valence-corrected chi connectivity index (χ3v) is 4.84. The van der Waals surface area contributed by atoms with Gasteiger partial charge in [0.1, 0.15) is 0 Å². The number of carbonyl (C=O) groups is 2. The van der Waals surface area contributed by atoms with Gasteiger partial charge in [-0.15, -0.1) is 0 Å². The number of nitrogens with one attached hydrogen (secondary N) is 1. The Kier molecular flexibility index (Phi) is 6.42. The maximum atomic E-state index is 12.3. The van der Waals surface area contributed by atoms with Gasteiger partial charge < -0.3 is 10.2 Å². The summed E-state index contributed by atoms with van der Waals surface area (Å²) < 4.78 is 0. The molecule has 0 radical (unpaired) electrons. The van der Waals surface area contributed by atoms with Crippen molar-refractivity contribution in [1.82, 2.24) is 10.2 Å². The molecule has 1 N–H and O–H groups in total. The molecule has 136 valence electrons. The second-order valence-electron chi connectivity index (χ2n) is 6.89. The predicted octanol–water partition coefficient (Wildman–Crippen LogP) is 3.17. The van der Waals surface area contributed by atoms with Crippen LogP contribution in [0.5, 0.6) is 0 Å². The largest absolute Gasteiger partial charge is 0.356 e. The molecule has 1 atom stereocenters. The fraction of sp³-hybridized carbons (Fsp3) is 0.364. The zero-order valence-electron chi connectivity index (χ0n) is 15.1. The zero-order valence-corrected chi connectivity index (χ0v) is 15.1. The number of nitrogens with zero attached hydrogens (tertiary/aromatic N) is 1. The predicted molar refractivity (Wildman–Crippen MR) is 102 cm³/mol. The van der Waals surface area contributed by atoms with Gasteiger partial charge >= 0.3 is 0 Å². The van der Waals surface area contributed by atoms with E-state index in [0.29, 0.717) is 26.1 Å². The molecule has 0 unspecified atom stereocenters. The first-order chi connectivity index (χ1) is 12.7. The first kappa shape index (κ1) is 18.2. The van der Waals surface area contributed by atoms with Crippen LogP contribution in [0.25, 0.3) is 0 Å². The van der Waals surface area contributed by atoms with Gasteiger partial charge in [-0.2, -0.15) is 0 Å². The van der Waals surface area contributed by atoms with Gasteiger partial charge in [0.05, 0.1) is 5.92 Å². The van der Waals surface area contributed by atoms with Crippen LogP contribution < -0.4 is 5.32 Å². The van der Waals surface area contributed by atoms with Gasteiger partial charge in [0.15, 0.2) is 0 Å². The summed E-state index contributed by atoms with van der Waals surface area (Å²) in [5.41, 5.74) is 2.43. The highest BCUT2D eigenvalue weighted by molar-refractivity contribution is 5.89. The Balaban J connectivity index is 1.36. The van der Waals surface area contributed by atoms with Crippen molar-refractivity contribution in [3.63, 3.8) is 0 Å². The van der Waals surface area contributed by atoms with E-state index in [-0.39, 0.29) is 17.7 Å². The van der Waals surface area contributed by atoms with Gasteiger partial charge in [0.2, 0.25) is 11.8 Å². The quantitative estimate of drug-likeness (QED) is 0.744. The highest BCUT2D eigenvalue weighted by Gasteiger charge is 2.33. The highest BCUT2D eigenvalue weighted by atomic mass is 16.2. The Morgan fingerprint density at radius 1 is 0.962 bits per heavy atom. The first-order valence-electron chi connectivity index (χ1n) is 9.36. The lowest BCUT2D eigenvalue weighted by Gasteiger charge is -2.16. The van der Waals surface area contributed by atoms with E-state index in [1.165, 1.54) is 5.56 Å². The number of aryl methyl sites for hydroxylation is 1. The molecule has 1 fully saturated rings. The van der Waals surface area contributed by atoms with Crippen molar-refractivity contribution in [2.75, 3.05) is 13.1 Å². The van der Waals surface area contributed by atoms with Crippen LogP contribution >= 0.6 is 0 Å². The van der Waals surface area contributed by atoms with Crippen LogP contribution in [0.15, 0.2) is 60.7 Å². The van der Waals surface area contributed by atoms with Crippen molar-refractivity contribution in [1.29, 1.82) is 0 Å². The molecule has 0 aromatic heterocycles. The van der Waals surface area contributed by atoms with Crippen LogP contribution in [-0.4, -0.2) is 29.8 Å². The molecule has 3 rings (SSSR count). The fourth-order valence-electron chi connectivity index (χ4n) is 3.36. The maximum absolute atomic E-state index is 12.3. The van der Waals surface area contributed by atoms with E-state index >= 15 is 0 Å². The number of likely N-dealkylation sites (tertiary alicyclic amines) is 1. The molecule has 0 aliphatic carbocycles. The minimum atomic E-state index is -0.222. The van der Waals surface area contributed by atoms with Gasteiger partial charge in [0.25, 0.3) is 0 Å². The van der Waals surface area contributed by atoms with Gasteiger partial charge in [-0.3, -0.25) is 9.59 Å². The number of rotatable bonds is 8. The van der Waals surface area contributed by atoms with E-state index in [1.807, 2.05) is 36.4 Å². The van der Waals surface area contributed by atoms with Crippen molar-refractivity contribution < 1.29 is 9.59 Å². The smallest absolute Gasteiger partial charge is 0.225 e. The maximum Gasteiger partial charge on any atom is 0.225 e. The molecule has 4 nitrogen and oxygen atoms in total. The topological polar surface area (TPSA) is 49.4 Å². The number of benzene rings is 2. The molecule has 2 aromatic rings. The average Bonchev–Trinajstić information content (AvgIpc) is 3.03. The molecule has 1 aliphatic heterocycles. The minimum absolute atomic E-state index is 0.00798. The number of unbranched alkanes of at least 4 members (excludes halogenated alkanes) is 1. The summed E-state index contributed by atoms with van der Waals surface area (Å²) in [5, 5.41) is 3.00. The van der Waals surface area contributed by atoms with Crippen molar-refractivity contribution in [3.05, 3.63) is 71.8 Å². The van der Waals surface area contributed by atoms with Gasteiger partial charge in [-0.1, -0.05) is 60.7 Å². The van der Waals surface area contributed by atoms with Crippen LogP contribution in [-0.2, 0) is 22.6 Å². The third-order valence-electron chi connectivity index (χ3n) is 4.84. The van der Waals surface area contributed by atoms with Gasteiger partial charge in [-0.05, 0) is 30.4 Å². The summed E-state index contributed by atoms with van der Waals surface area (Å²) >= 11 is 0. The Morgan fingerprint density at radius 2 is 1.62 bits per heavy atom. The van der Waals surface area contributed by atoms with Crippen molar-refractivity contribution in [3.8, 4) is 0 Å². The molecule has 26 heavy (non-hydrogen) atoms. The summed E-state index contributed by atoms with van der Waals surface area (Å²) in [6.07, 6.45) is 3.36. The van der Waals surface area contributed by atoms with Crippen LogP contribution in [0.1, 0.15) is 30.4 Å². The molecule has 1 heterocycles. The molecule has 2 amide bonds. The summed E-state index contributed by atoms with van der Waals surface area (Å²) in [7, 11) is 0. The van der Waals surface area contributed by atoms with Crippen molar-refractivity contribution in [2.24, 2.45) is 5.92 Å². The summed E-state index contributed by atoms with van der Waals surface area (Å²) in [4.78, 5) is 26.3. The van der Waals surface area contributed by atoms with E-state index in [1.54, 1.807) is 4.90 Å². The Morgan fingerprint density at radius 3 is 2.31 bits per heavy atom. The molecular weight excluding hydrogens is 324 g/mol. The Bertz CT molecular complexity index is 715.